The average molecular weight is 345 g/mol. The summed E-state index contributed by atoms with van der Waals surface area (Å²) in [6.45, 7) is 0. The van der Waals surface area contributed by atoms with Gasteiger partial charge in [-0.1, -0.05) is 41.6 Å². The van der Waals surface area contributed by atoms with Gasteiger partial charge in [-0.2, -0.15) is 0 Å². The van der Waals surface area contributed by atoms with Crippen molar-refractivity contribution in [3.63, 3.8) is 0 Å². The fourth-order valence-corrected chi connectivity index (χ4v) is 2.61. The number of nitrogens with zero attached hydrogens (tertiary/aromatic N) is 3. The summed E-state index contributed by atoms with van der Waals surface area (Å²) in [6, 6.07) is 16.7. The number of anilines is 1. The predicted octanol–water partition coefficient (Wildman–Crippen LogP) is 3.65. The van der Waals surface area contributed by atoms with Crippen LogP contribution >= 0.6 is 23.4 Å². The highest BCUT2D eigenvalue weighted by Crippen LogP contribution is 2.16. The quantitative estimate of drug-likeness (QED) is 0.718. The fraction of sp³-hybridized carbons (Fsp3) is 0.0625. The lowest BCUT2D eigenvalue weighted by Gasteiger charge is -2.03. The summed E-state index contributed by atoms with van der Waals surface area (Å²) < 4.78 is 1.68. The molecular weight excluding hydrogens is 332 g/mol. The average Bonchev–Trinajstić information content (AvgIpc) is 3.05. The second-order valence-corrected chi connectivity index (χ2v) is 6.03. The molecular formula is C16H13ClN4OS. The normalized spacial score (nSPS) is 10.5. The highest BCUT2D eigenvalue weighted by Gasteiger charge is 2.08. The Labute approximate surface area is 142 Å². The molecule has 0 bridgehead atoms. The van der Waals surface area contributed by atoms with E-state index in [1.54, 1.807) is 35.3 Å². The van der Waals surface area contributed by atoms with Crippen molar-refractivity contribution in [3.05, 3.63) is 65.9 Å². The summed E-state index contributed by atoms with van der Waals surface area (Å²) in [5.41, 5.74) is 1.64. The molecule has 0 saturated heterocycles. The van der Waals surface area contributed by atoms with E-state index in [1.165, 1.54) is 11.8 Å². The summed E-state index contributed by atoms with van der Waals surface area (Å²) in [7, 11) is 0. The minimum atomic E-state index is -0.117. The fourth-order valence-electron chi connectivity index (χ4n) is 1.88. The zero-order valence-electron chi connectivity index (χ0n) is 12.0. The number of rotatable bonds is 5. The van der Waals surface area contributed by atoms with Crippen molar-refractivity contribution in [2.75, 3.05) is 11.1 Å². The van der Waals surface area contributed by atoms with E-state index >= 15 is 0 Å². The largest absolute Gasteiger partial charge is 0.325 e. The lowest BCUT2D eigenvalue weighted by molar-refractivity contribution is -0.113. The van der Waals surface area contributed by atoms with Gasteiger partial charge in [0.2, 0.25) is 11.1 Å². The third-order valence-electron chi connectivity index (χ3n) is 2.95. The van der Waals surface area contributed by atoms with Crippen molar-refractivity contribution in [2.45, 2.75) is 5.16 Å². The Kier molecular flexibility index (Phi) is 4.95. The van der Waals surface area contributed by atoms with Crippen LogP contribution in [-0.2, 0) is 4.79 Å². The molecule has 0 spiro atoms. The Hall–Kier alpha value is -2.31. The van der Waals surface area contributed by atoms with Crippen LogP contribution < -0.4 is 5.32 Å². The maximum Gasteiger partial charge on any atom is 0.234 e. The van der Waals surface area contributed by atoms with Crippen LogP contribution in [0, 0.1) is 0 Å². The number of hydrogen-bond donors (Lipinski definition) is 1. The molecule has 0 aliphatic heterocycles. The molecule has 116 valence electrons. The van der Waals surface area contributed by atoms with E-state index in [9.17, 15) is 4.79 Å². The third kappa shape index (κ3) is 4.34. The van der Waals surface area contributed by atoms with Gasteiger partial charge in [-0.3, -0.25) is 4.79 Å². The van der Waals surface area contributed by atoms with Crippen LogP contribution in [0.25, 0.3) is 5.69 Å². The van der Waals surface area contributed by atoms with Crippen LogP contribution in [-0.4, -0.2) is 26.4 Å². The highest BCUT2D eigenvalue weighted by atomic mass is 35.5. The maximum atomic E-state index is 11.9. The molecule has 23 heavy (non-hydrogen) atoms. The smallest absolute Gasteiger partial charge is 0.234 e. The Bertz CT molecular complexity index is 789. The molecule has 0 aliphatic rings. The van der Waals surface area contributed by atoms with Crippen LogP contribution in [0.5, 0.6) is 0 Å². The SMILES string of the molecule is O=C(CSc1ncn(-c2ccccc2)n1)Nc1ccc(Cl)cc1. The van der Waals surface area contributed by atoms with Gasteiger partial charge in [0, 0.05) is 10.7 Å². The molecule has 0 atom stereocenters. The molecule has 3 aromatic rings. The zero-order valence-corrected chi connectivity index (χ0v) is 13.6. The van der Waals surface area contributed by atoms with Crippen molar-refractivity contribution < 1.29 is 4.79 Å². The molecule has 3 rings (SSSR count). The molecule has 0 unspecified atom stereocenters. The standard InChI is InChI=1S/C16H13ClN4OS/c17-12-6-8-13(9-7-12)19-15(22)10-23-16-18-11-21(20-16)14-4-2-1-3-5-14/h1-9,11H,10H2,(H,19,22). The molecule has 1 aromatic heterocycles. The van der Waals surface area contributed by atoms with E-state index in [2.05, 4.69) is 15.4 Å². The first-order valence-electron chi connectivity index (χ1n) is 6.86. The second kappa shape index (κ2) is 7.30. The van der Waals surface area contributed by atoms with Crippen LogP contribution in [0.3, 0.4) is 0 Å². The van der Waals surface area contributed by atoms with Crippen LogP contribution in [0.4, 0.5) is 5.69 Å². The monoisotopic (exact) mass is 344 g/mol. The zero-order chi connectivity index (χ0) is 16.1. The molecule has 1 N–H and O–H groups in total. The molecule has 1 amide bonds. The summed E-state index contributed by atoms with van der Waals surface area (Å²) in [5, 5.41) is 8.33. The number of para-hydroxylation sites is 1. The van der Waals surface area contributed by atoms with Gasteiger partial charge >= 0.3 is 0 Å². The van der Waals surface area contributed by atoms with Gasteiger partial charge in [0.25, 0.3) is 0 Å². The van der Waals surface area contributed by atoms with Gasteiger partial charge in [-0.25, -0.2) is 9.67 Å². The van der Waals surface area contributed by atoms with Gasteiger partial charge < -0.3 is 5.32 Å². The van der Waals surface area contributed by atoms with Crippen molar-refractivity contribution in [2.24, 2.45) is 0 Å². The van der Waals surface area contributed by atoms with Gasteiger partial charge in [-0.05, 0) is 36.4 Å². The Morgan fingerprint density at radius 1 is 1.13 bits per heavy atom. The molecule has 0 fully saturated rings. The second-order valence-electron chi connectivity index (χ2n) is 4.65. The van der Waals surface area contributed by atoms with Crippen molar-refractivity contribution >= 4 is 35.0 Å². The molecule has 1 heterocycles. The van der Waals surface area contributed by atoms with Crippen LogP contribution in [0.15, 0.2) is 66.1 Å². The number of thioether (sulfide) groups is 1. The number of benzene rings is 2. The molecule has 0 radical (unpaired) electrons. The number of halogens is 1. The number of aromatic nitrogens is 3. The number of nitrogens with one attached hydrogen (secondary N) is 1. The lowest BCUT2D eigenvalue weighted by Crippen LogP contribution is -2.14. The van der Waals surface area contributed by atoms with E-state index < -0.39 is 0 Å². The first-order chi connectivity index (χ1) is 11.2. The summed E-state index contributed by atoms with van der Waals surface area (Å²) >= 11 is 7.09. The van der Waals surface area contributed by atoms with Crippen LogP contribution in [0.2, 0.25) is 5.02 Å². The van der Waals surface area contributed by atoms with Gasteiger partial charge in [0.1, 0.15) is 6.33 Å². The Morgan fingerprint density at radius 3 is 2.61 bits per heavy atom. The topological polar surface area (TPSA) is 59.8 Å². The Balaban J connectivity index is 1.55. The molecule has 7 heteroatoms. The third-order valence-corrected chi connectivity index (χ3v) is 4.06. The lowest BCUT2D eigenvalue weighted by atomic mass is 10.3. The van der Waals surface area contributed by atoms with Gasteiger partial charge in [-0.15, -0.1) is 5.10 Å². The van der Waals surface area contributed by atoms with E-state index in [4.69, 9.17) is 11.6 Å². The van der Waals surface area contributed by atoms with E-state index in [1.807, 2.05) is 30.3 Å². The van der Waals surface area contributed by atoms with E-state index in [0.29, 0.717) is 15.9 Å². The molecule has 5 nitrogen and oxygen atoms in total. The van der Waals surface area contributed by atoms with E-state index in [0.717, 1.165) is 5.69 Å². The van der Waals surface area contributed by atoms with Crippen molar-refractivity contribution in [1.29, 1.82) is 0 Å². The highest BCUT2D eigenvalue weighted by molar-refractivity contribution is 7.99. The number of carbonyl (C=O) groups is 1. The molecule has 0 saturated carbocycles. The molecule has 0 aliphatic carbocycles. The maximum absolute atomic E-state index is 11.9. The Morgan fingerprint density at radius 2 is 1.87 bits per heavy atom. The predicted molar refractivity (Wildman–Crippen MR) is 92.2 cm³/mol. The number of hydrogen-bond acceptors (Lipinski definition) is 4. The summed E-state index contributed by atoms with van der Waals surface area (Å²) in [5.74, 6) is 0.120. The number of amides is 1. The molecule has 2 aromatic carbocycles. The van der Waals surface area contributed by atoms with Crippen LogP contribution in [0.1, 0.15) is 0 Å². The summed E-state index contributed by atoms with van der Waals surface area (Å²) in [6.07, 6.45) is 1.63. The summed E-state index contributed by atoms with van der Waals surface area (Å²) in [4.78, 5) is 16.1. The van der Waals surface area contributed by atoms with Gasteiger partial charge in [0.15, 0.2) is 0 Å². The first kappa shape index (κ1) is 15.6. The minimum Gasteiger partial charge on any atom is -0.325 e. The minimum absolute atomic E-state index is 0.117. The van der Waals surface area contributed by atoms with Gasteiger partial charge in [0.05, 0.1) is 11.4 Å². The van der Waals surface area contributed by atoms with Crippen molar-refractivity contribution in [3.8, 4) is 5.69 Å². The number of carbonyl (C=O) groups excluding carboxylic acids is 1. The first-order valence-corrected chi connectivity index (χ1v) is 8.22. The van der Waals surface area contributed by atoms with E-state index in [-0.39, 0.29) is 11.7 Å². The van der Waals surface area contributed by atoms with Crippen molar-refractivity contribution in [1.82, 2.24) is 14.8 Å².